The molecule has 2 heterocycles. The smallest absolute Gasteiger partial charge is 0.274 e. The summed E-state index contributed by atoms with van der Waals surface area (Å²) < 4.78 is 5.92. The molecule has 1 aromatic heterocycles. The first-order valence-corrected chi connectivity index (χ1v) is 7.10. The van der Waals surface area contributed by atoms with Crippen LogP contribution in [0.15, 0.2) is 48.9 Å². The van der Waals surface area contributed by atoms with E-state index in [1.807, 2.05) is 35.2 Å². The number of hydrogen-bond acceptors (Lipinski definition) is 4. The maximum Gasteiger partial charge on any atom is 0.274 e. The fourth-order valence-corrected chi connectivity index (χ4v) is 2.44. The van der Waals surface area contributed by atoms with Crippen molar-refractivity contribution in [2.75, 3.05) is 13.1 Å². The first-order chi connectivity index (χ1) is 10.3. The van der Waals surface area contributed by atoms with Gasteiger partial charge in [0, 0.05) is 38.3 Å². The SMILES string of the molecule is O=C(c1cnccn1)N1CCC(Oc2ccccc2)CC1. The monoisotopic (exact) mass is 283 g/mol. The fraction of sp³-hybridized carbons (Fsp3) is 0.312. The van der Waals surface area contributed by atoms with E-state index in [-0.39, 0.29) is 12.0 Å². The summed E-state index contributed by atoms with van der Waals surface area (Å²) in [5, 5.41) is 0. The molecular weight excluding hydrogens is 266 g/mol. The second-order valence-corrected chi connectivity index (χ2v) is 5.01. The summed E-state index contributed by atoms with van der Waals surface area (Å²) in [5.41, 5.74) is 0.403. The van der Waals surface area contributed by atoms with Gasteiger partial charge in [0.15, 0.2) is 0 Å². The van der Waals surface area contributed by atoms with Gasteiger partial charge in [0.1, 0.15) is 17.5 Å². The van der Waals surface area contributed by atoms with Gasteiger partial charge in [-0.2, -0.15) is 0 Å². The highest BCUT2D eigenvalue weighted by atomic mass is 16.5. The van der Waals surface area contributed by atoms with Crippen molar-refractivity contribution in [3.8, 4) is 5.75 Å². The number of nitrogens with zero attached hydrogens (tertiary/aromatic N) is 3. The number of piperidine rings is 1. The molecule has 0 radical (unpaired) electrons. The van der Waals surface area contributed by atoms with Gasteiger partial charge in [0.25, 0.3) is 5.91 Å². The molecule has 0 bridgehead atoms. The summed E-state index contributed by atoms with van der Waals surface area (Å²) in [7, 11) is 0. The average molecular weight is 283 g/mol. The molecule has 1 amide bonds. The van der Waals surface area contributed by atoms with Crippen LogP contribution in [0.25, 0.3) is 0 Å². The molecule has 0 saturated carbocycles. The van der Waals surface area contributed by atoms with Crippen molar-refractivity contribution < 1.29 is 9.53 Å². The van der Waals surface area contributed by atoms with E-state index in [0.29, 0.717) is 18.8 Å². The zero-order chi connectivity index (χ0) is 14.5. The average Bonchev–Trinajstić information content (AvgIpc) is 2.57. The number of benzene rings is 1. The summed E-state index contributed by atoms with van der Waals surface area (Å²) in [6, 6.07) is 9.80. The minimum atomic E-state index is -0.0544. The summed E-state index contributed by atoms with van der Waals surface area (Å²) in [6.07, 6.45) is 6.45. The van der Waals surface area contributed by atoms with Crippen molar-refractivity contribution in [3.05, 3.63) is 54.6 Å². The van der Waals surface area contributed by atoms with Gasteiger partial charge in [-0.15, -0.1) is 0 Å². The zero-order valence-electron chi connectivity index (χ0n) is 11.7. The van der Waals surface area contributed by atoms with Crippen molar-refractivity contribution in [2.24, 2.45) is 0 Å². The fourth-order valence-electron chi connectivity index (χ4n) is 2.44. The lowest BCUT2D eigenvalue weighted by Crippen LogP contribution is -2.42. The van der Waals surface area contributed by atoms with Gasteiger partial charge in [-0.25, -0.2) is 4.98 Å². The Kier molecular flexibility index (Phi) is 4.09. The molecule has 0 N–H and O–H groups in total. The number of amides is 1. The van der Waals surface area contributed by atoms with Crippen LogP contribution < -0.4 is 4.74 Å². The van der Waals surface area contributed by atoms with Crippen LogP contribution in [0.2, 0.25) is 0 Å². The molecule has 21 heavy (non-hydrogen) atoms. The molecule has 0 aliphatic carbocycles. The van der Waals surface area contributed by atoms with Gasteiger partial charge >= 0.3 is 0 Å². The van der Waals surface area contributed by atoms with E-state index in [1.165, 1.54) is 6.20 Å². The third kappa shape index (κ3) is 3.37. The quantitative estimate of drug-likeness (QED) is 0.866. The van der Waals surface area contributed by atoms with E-state index >= 15 is 0 Å². The second kappa shape index (κ2) is 6.35. The van der Waals surface area contributed by atoms with Crippen LogP contribution in [-0.4, -0.2) is 40.0 Å². The summed E-state index contributed by atoms with van der Waals surface area (Å²) in [5.74, 6) is 0.831. The summed E-state index contributed by atoms with van der Waals surface area (Å²) >= 11 is 0. The molecule has 2 aromatic rings. The molecule has 5 heteroatoms. The van der Waals surface area contributed by atoms with Gasteiger partial charge in [-0.3, -0.25) is 9.78 Å². The number of carbonyl (C=O) groups excluding carboxylic acids is 1. The number of hydrogen-bond donors (Lipinski definition) is 0. The topological polar surface area (TPSA) is 55.3 Å². The molecule has 0 atom stereocenters. The van der Waals surface area contributed by atoms with Crippen LogP contribution >= 0.6 is 0 Å². The van der Waals surface area contributed by atoms with Crippen molar-refractivity contribution in [1.29, 1.82) is 0 Å². The van der Waals surface area contributed by atoms with Gasteiger partial charge in [0.2, 0.25) is 0 Å². The highest BCUT2D eigenvalue weighted by Gasteiger charge is 2.25. The first-order valence-electron chi connectivity index (χ1n) is 7.10. The van der Waals surface area contributed by atoms with Crippen LogP contribution in [0.5, 0.6) is 5.75 Å². The molecular formula is C16H17N3O2. The maximum atomic E-state index is 12.2. The Morgan fingerprint density at radius 2 is 1.90 bits per heavy atom. The Bertz CT molecular complexity index is 581. The van der Waals surface area contributed by atoms with E-state index in [4.69, 9.17) is 4.74 Å². The van der Waals surface area contributed by atoms with Crippen LogP contribution in [0, 0.1) is 0 Å². The molecule has 1 aromatic carbocycles. The molecule has 3 rings (SSSR count). The lowest BCUT2D eigenvalue weighted by molar-refractivity contribution is 0.0590. The molecule has 0 spiro atoms. The zero-order valence-corrected chi connectivity index (χ0v) is 11.7. The molecule has 108 valence electrons. The molecule has 1 saturated heterocycles. The highest BCUT2D eigenvalue weighted by Crippen LogP contribution is 2.19. The second-order valence-electron chi connectivity index (χ2n) is 5.01. The number of carbonyl (C=O) groups is 1. The minimum Gasteiger partial charge on any atom is -0.490 e. The van der Waals surface area contributed by atoms with Crippen molar-refractivity contribution in [3.63, 3.8) is 0 Å². The van der Waals surface area contributed by atoms with E-state index in [1.54, 1.807) is 12.4 Å². The number of para-hydroxylation sites is 1. The van der Waals surface area contributed by atoms with E-state index in [2.05, 4.69) is 9.97 Å². The van der Waals surface area contributed by atoms with Crippen molar-refractivity contribution in [1.82, 2.24) is 14.9 Å². The Balaban J connectivity index is 1.54. The van der Waals surface area contributed by atoms with Gasteiger partial charge in [-0.05, 0) is 12.1 Å². The normalized spacial score (nSPS) is 15.7. The predicted octanol–water partition coefficient (Wildman–Crippen LogP) is 2.16. The summed E-state index contributed by atoms with van der Waals surface area (Å²) in [6.45, 7) is 1.37. The number of ether oxygens (including phenoxy) is 1. The molecule has 1 fully saturated rings. The van der Waals surface area contributed by atoms with E-state index < -0.39 is 0 Å². The number of aromatic nitrogens is 2. The van der Waals surface area contributed by atoms with Crippen LogP contribution in [0.4, 0.5) is 0 Å². The first kappa shape index (κ1) is 13.5. The van der Waals surface area contributed by atoms with Crippen molar-refractivity contribution >= 4 is 5.91 Å². The van der Waals surface area contributed by atoms with Crippen LogP contribution in [0.1, 0.15) is 23.3 Å². The summed E-state index contributed by atoms with van der Waals surface area (Å²) in [4.78, 5) is 22.1. The molecule has 5 nitrogen and oxygen atoms in total. The van der Waals surface area contributed by atoms with Gasteiger partial charge in [-0.1, -0.05) is 18.2 Å². The third-order valence-corrected chi connectivity index (χ3v) is 3.56. The third-order valence-electron chi connectivity index (χ3n) is 3.56. The van der Waals surface area contributed by atoms with E-state index in [9.17, 15) is 4.79 Å². The Hall–Kier alpha value is -2.43. The lowest BCUT2D eigenvalue weighted by atomic mass is 10.1. The van der Waals surface area contributed by atoms with Crippen LogP contribution in [-0.2, 0) is 0 Å². The molecule has 1 aliphatic rings. The number of rotatable bonds is 3. The number of likely N-dealkylation sites (tertiary alicyclic amines) is 1. The van der Waals surface area contributed by atoms with Gasteiger partial charge in [0.05, 0.1) is 6.20 Å². The maximum absolute atomic E-state index is 12.2. The predicted molar refractivity (Wildman–Crippen MR) is 78.0 cm³/mol. The van der Waals surface area contributed by atoms with Crippen molar-refractivity contribution in [2.45, 2.75) is 18.9 Å². The minimum absolute atomic E-state index is 0.0544. The van der Waals surface area contributed by atoms with Gasteiger partial charge < -0.3 is 9.64 Å². The Morgan fingerprint density at radius 3 is 2.57 bits per heavy atom. The molecule has 0 unspecified atom stereocenters. The standard InChI is InChI=1S/C16H17N3O2/c20-16(15-12-17-8-9-18-15)19-10-6-14(7-11-19)21-13-4-2-1-3-5-13/h1-5,8-9,12,14H,6-7,10-11H2. The highest BCUT2D eigenvalue weighted by molar-refractivity contribution is 5.92. The van der Waals surface area contributed by atoms with Crippen LogP contribution in [0.3, 0.4) is 0 Å². The largest absolute Gasteiger partial charge is 0.490 e. The van der Waals surface area contributed by atoms with E-state index in [0.717, 1.165) is 18.6 Å². The molecule has 1 aliphatic heterocycles. The lowest BCUT2D eigenvalue weighted by Gasteiger charge is -2.31. The Labute approximate surface area is 123 Å². The Morgan fingerprint density at radius 1 is 1.14 bits per heavy atom.